The van der Waals surface area contributed by atoms with E-state index >= 15 is 0 Å². The molecule has 39 heavy (non-hydrogen) atoms. The minimum absolute atomic E-state index is 0.0400. The van der Waals surface area contributed by atoms with E-state index in [0.29, 0.717) is 35.5 Å². The number of carbonyl (C=O) groups excluding carboxylic acids is 2. The first-order chi connectivity index (χ1) is 19.0. The van der Waals surface area contributed by atoms with E-state index < -0.39 is 5.54 Å². The van der Waals surface area contributed by atoms with Gasteiger partial charge in [-0.2, -0.15) is 0 Å². The third-order valence-electron chi connectivity index (χ3n) is 7.35. The van der Waals surface area contributed by atoms with E-state index in [1.807, 2.05) is 36.4 Å². The summed E-state index contributed by atoms with van der Waals surface area (Å²) in [7, 11) is 3.12. The fourth-order valence-corrected chi connectivity index (χ4v) is 5.30. The number of hydrogen-bond donors (Lipinski definition) is 1. The number of methoxy groups -OCH3 is 2. The number of carbonyl (C=O) groups is 2. The van der Waals surface area contributed by atoms with Crippen molar-refractivity contribution >= 4 is 28.5 Å². The number of benzene rings is 2. The van der Waals surface area contributed by atoms with Gasteiger partial charge in [0.25, 0.3) is 0 Å². The number of nitrogens with zero attached hydrogens (tertiary/aromatic N) is 5. The predicted octanol–water partition coefficient (Wildman–Crippen LogP) is 4.21. The van der Waals surface area contributed by atoms with Crippen molar-refractivity contribution in [2.24, 2.45) is 0 Å². The van der Waals surface area contributed by atoms with Crippen LogP contribution in [-0.2, 0) is 22.7 Å². The van der Waals surface area contributed by atoms with Crippen LogP contribution in [0.2, 0.25) is 0 Å². The fourth-order valence-electron chi connectivity index (χ4n) is 5.30. The summed E-state index contributed by atoms with van der Waals surface area (Å²) in [6, 6.07) is 16.5. The van der Waals surface area contributed by atoms with E-state index in [1.165, 1.54) is 0 Å². The topological polar surface area (TPSA) is 111 Å². The Morgan fingerprint density at radius 3 is 2.59 bits per heavy atom. The highest BCUT2D eigenvalue weighted by Gasteiger charge is 2.47. The molecule has 1 aliphatic rings. The van der Waals surface area contributed by atoms with Crippen LogP contribution in [0.15, 0.2) is 67.0 Å². The molecule has 0 atom stereocenters. The van der Waals surface area contributed by atoms with E-state index in [4.69, 9.17) is 9.47 Å². The average molecular weight is 529 g/mol. The lowest BCUT2D eigenvalue weighted by molar-refractivity contribution is -0.149. The van der Waals surface area contributed by atoms with Gasteiger partial charge in [-0.1, -0.05) is 42.7 Å². The summed E-state index contributed by atoms with van der Waals surface area (Å²) in [5.41, 5.74) is 1.77. The molecule has 202 valence electrons. The quantitative estimate of drug-likeness (QED) is 0.346. The number of aromatic nitrogens is 4. The van der Waals surface area contributed by atoms with Crippen LogP contribution >= 0.6 is 0 Å². The lowest BCUT2D eigenvalue weighted by atomic mass is 9.78. The average Bonchev–Trinajstić information content (AvgIpc) is 3.39. The minimum Gasteiger partial charge on any atom is -0.497 e. The normalized spacial score (nSPS) is 14.5. The lowest BCUT2D eigenvalue weighted by Crippen LogP contribution is -2.60. The molecule has 0 saturated heterocycles. The SMILES string of the molecule is COc1ccc(NC(=O)C2(N(Cc3cccnc3)C(=O)Cn3nnc4ccccc43)CCCCC2)c(OC)c1. The highest BCUT2D eigenvalue weighted by Crippen LogP contribution is 2.38. The number of para-hydroxylation sites is 1. The van der Waals surface area contributed by atoms with Crippen LogP contribution in [0.4, 0.5) is 5.69 Å². The molecule has 0 spiro atoms. The Kier molecular flexibility index (Phi) is 7.72. The first-order valence-corrected chi connectivity index (χ1v) is 13.0. The number of nitrogens with one attached hydrogen (secondary N) is 1. The zero-order valence-electron chi connectivity index (χ0n) is 22.2. The van der Waals surface area contributed by atoms with Crippen molar-refractivity contribution in [1.29, 1.82) is 0 Å². The monoisotopic (exact) mass is 528 g/mol. The van der Waals surface area contributed by atoms with Gasteiger partial charge in [0.2, 0.25) is 11.8 Å². The highest BCUT2D eigenvalue weighted by atomic mass is 16.5. The van der Waals surface area contributed by atoms with Gasteiger partial charge in [0.1, 0.15) is 29.1 Å². The first-order valence-electron chi connectivity index (χ1n) is 13.0. The van der Waals surface area contributed by atoms with Crippen molar-refractivity contribution < 1.29 is 19.1 Å². The molecule has 2 heterocycles. The van der Waals surface area contributed by atoms with Gasteiger partial charge in [-0.15, -0.1) is 5.10 Å². The zero-order valence-corrected chi connectivity index (χ0v) is 22.2. The van der Waals surface area contributed by atoms with Gasteiger partial charge in [0, 0.05) is 25.0 Å². The summed E-state index contributed by atoms with van der Waals surface area (Å²) in [4.78, 5) is 34.3. The Hall–Kier alpha value is -4.47. The third-order valence-corrected chi connectivity index (χ3v) is 7.35. The molecule has 1 aliphatic carbocycles. The van der Waals surface area contributed by atoms with Gasteiger partial charge < -0.3 is 19.7 Å². The summed E-state index contributed by atoms with van der Waals surface area (Å²) in [5.74, 6) is 0.637. The van der Waals surface area contributed by atoms with Gasteiger partial charge in [-0.3, -0.25) is 14.6 Å². The molecule has 5 rings (SSSR count). The van der Waals surface area contributed by atoms with Crippen molar-refractivity contribution in [2.45, 2.75) is 50.7 Å². The van der Waals surface area contributed by atoms with E-state index in [2.05, 4.69) is 20.6 Å². The molecule has 0 bridgehead atoms. The summed E-state index contributed by atoms with van der Waals surface area (Å²) >= 11 is 0. The van der Waals surface area contributed by atoms with Crippen LogP contribution in [-0.4, -0.2) is 56.5 Å². The molecule has 0 radical (unpaired) electrons. The Balaban J connectivity index is 1.51. The molecule has 0 aliphatic heterocycles. The number of anilines is 1. The number of amides is 2. The van der Waals surface area contributed by atoms with Crippen molar-refractivity contribution in [2.75, 3.05) is 19.5 Å². The van der Waals surface area contributed by atoms with Gasteiger partial charge in [0.15, 0.2) is 0 Å². The molecular weight excluding hydrogens is 496 g/mol. The molecule has 2 aromatic carbocycles. The van der Waals surface area contributed by atoms with Crippen molar-refractivity contribution in [3.63, 3.8) is 0 Å². The standard InChI is InChI=1S/C29H32N6O4/c1-38-22-12-13-24(26(17-22)39-2)31-28(37)29(14-6-3-7-15-29)34(19-21-9-8-16-30-18-21)27(36)20-35-25-11-5-4-10-23(25)32-33-35/h4-5,8-13,16-18H,3,6-7,14-15,19-20H2,1-2H3,(H,31,37). The Morgan fingerprint density at radius 1 is 1.03 bits per heavy atom. The predicted molar refractivity (Wildman–Crippen MR) is 146 cm³/mol. The summed E-state index contributed by atoms with van der Waals surface area (Å²) < 4.78 is 12.4. The zero-order chi connectivity index (χ0) is 27.2. The van der Waals surface area contributed by atoms with E-state index in [-0.39, 0.29) is 24.9 Å². The number of pyridine rings is 1. The molecule has 1 saturated carbocycles. The summed E-state index contributed by atoms with van der Waals surface area (Å²) in [6.45, 7) is 0.203. The van der Waals surface area contributed by atoms with Crippen LogP contribution in [0, 0.1) is 0 Å². The Bertz CT molecular complexity index is 1450. The summed E-state index contributed by atoms with van der Waals surface area (Å²) in [5, 5.41) is 11.5. The second-order valence-corrected chi connectivity index (χ2v) is 9.69. The van der Waals surface area contributed by atoms with Gasteiger partial charge >= 0.3 is 0 Å². The number of ether oxygens (including phenoxy) is 2. The Morgan fingerprint density at radius 2 is 1.85 bits per heavy atom. The van der Waals surface area contributed by atoms with Crippen LogP contribution in [0.5, 0.6) is 11.5 Å². The second-order valence-electron chi connectivity index (χ2n) is 9.69. The van der Waals surface area contributed by atoms with Crippen LogP contribution < -0.4 is 14.8 Å². The van der Waals surface area contributed by atoms with Crippen LogP contribution in [0.25, 0.3) is 11.0 Å². The molecule has 0 unspecified atom stereocenters. The smallest absolute Gasteiger partial charge is 0.250 e. The molecule has 2 aromatic heterocycles. The maximum absolute atomic E-state index is 14.2. The van der Waals surface area contributed by atoms with E-state index in [0.717, 1.165) is 30.3 Å². The van der Waals surface area contributed by atoms with E-state index in [9.17, 15) is 9.59 Å². The van der Waals surface area contributed by atoms with Gasteiger partial charge in [-0.25, -0.2) is 4.68 Å². The van der Waals surface area contributed by atoms with Crippen molar-refractivity contribution in [3.05, 3.63) is 72.6 Å². The summed E-state index contributed by atoms with van der Waals surface area (Å²) in [6.07, 6.45) is 7.17. The molecule has 10 heteroatoms. The molecular formula is C29H32N6O4. The van der Waals surface area contributed by atoms with Crippen molar-refractivity contribution in [1.82, 2.24) is 24.9 Å². The molecule has 2 amide bonds. The third kappa shape index (κ3) is 5.41. The maximum Gasteiger partial charge on any atom is 0.250 e. The Labute approximate surface area is 226 Å². The van der Waals surface area contributed by atoms with Crippen LogP contribution in [0.3, 0.4) is 0 Å². The lowest BCUT2D eigenvalue weighted by Gasteiger charge is -2.45. The number of hydrogen-bond acceptors (Lipinski definition) is 7. The van der Waals surface area contributed by atoms with Gasteiger partial charge in [0.05, 0.1) is 25.4 Å². The maximum atomic E-state index is 14.2. The minimum atomic E-state index is -1.06. The first kappa shape index (κ1) is 26.1. The molecule has 1 N–H and O–H groups in total. The van der Waals surface area contributed by atoms with Gasteiger partial charge in [-0.05, 0) is 48.7 Å². The molecule has 4 aromatic rings. The largest absolute Gasteiger partial charge is 0.497 e. The number of rotatable bonds is 9. The second kappa shape index (κ2) is 11.5. The molecule has 10 nitrogen and oxygen atoms in total. The van der Waals surface area contributed by atoms with Crippen molar-refractivity contribution in [3.8, 4) is 11.5 Å². The molecule has 1 fully saturated rings. The van der Waals surface area contributed by atoms with E-state index in [1.54, 1.807) is 54.4 Å². The fraction of sp³-hybridized carbons (Fsp3) is 0.345. The van der Waals surface area contributed by atoms with Crippen LogP contribution in [0.1, 0.15) is 37.7 Å². The highest BCUT2D eigenvalue weighted by molar-refractivity contribution is 6.01. The number of fused-ring (bicyclic) bond motifs is 1.